The molecule has 1 atom stereocenters. The first kappa shape index (κ1) is 22.2. The van der Waals surface area contributed by atoms with Crippen LogP contribution in [0.3, 0.4) is 0 Å². The van der Waals surface area contributed by atoms with Gasteiger partial charge >= 0.3 is 0 Å². The lowest BCUT2D eigenvalue weighted by Crippen LogP contribution is -2.31. The van der Waals surface area contributed by atoms with Crippen molar-refractivity contribution in [1.29, 1.82) is 0 Å². The number of aryl methyl sites for hydroxylation is 2. The van der Waals surface area contributed by atoms with Crippen molar-refractivity contribution in [3.63, 3.8) is 0 Å². The van der Waals surface area contributed by atoms with Gasteiger partial charge in [0.25, 0.3) is 5.91 Å². The molecule has 1 saturated heterocycles. The van der Waals surface area contributed by atoms with Crippen LogP contribution in [0, 0.1) is 13.8 Å². The predicted octanol–water partition coefficient (Wildman–Crippen LogP) is 4.61. The van der Waals surface area contributed by atoms with E-state index in [0.717, 1.165) is 35.1 Å². The van der Waals surface area contributed by atoms with E-state index in [-0.39, 0.29) is 16.8 Å². The molecule has 0 radical (unpaired) electrons. The van der Waals surface area contributed by atoms with Crippen molar-refractivity contribution in [2.75, 3.05) is 13.1 Å². The molecule has 3 aromatic carbocycles. The average molecular weight is 449 g/mol. The molecule has 1 aliphatic heterocycles. The molecule has 1 heterocycles. The zero-order valence-corrected chi connectivity index (χ0v) is 19.2. The van der Waals surface area contributed by atoms with Crippen molar-refractivity contribution in [3.05, 3.63) is 101 Å². The Balaban J connectivity index is 1.69. The molecule has 4 rings (SSSR count). The van der Waals surface area contributed by atoms with Crippen molar-refractivity contribution in [2.45, 2.75) is 37.6 Å². The number of hydrogen-bond acceptors (Lipinski definition) is 3. The lowest BCUT2D eigenvalue weighted by molar-refractivity contribution is 0.0942. The van der Waals surface area contributed by atoms with Crippen molar-refractivity contribution in [1.82, 2.24) is 9.62 Å². The number of nitrogens with one attached hydrogen (secondary N) is 1. The summed E-state index contributed by atoms with van der Waals surface area (Å²) >= 11 is 0. The fraction of sp³-hybridized carbons (Fsp3) is 0.269. The summed E-state index contributed by atoms with van der Waals surface area (Å²) < 4.78 is 27.5. The van der Waals surface area contributed by atoms with Crippen LogP contribution < -0.4 is 5.32 Å². The molecule has 32 heavy (non-hydrogen) atoms. The number of carbonyl (C=O) groups is 1. The number of sulfonamides is 1. The van der Waals surface area contributed by atoms with E-state index in [1.165, 1.54) is 10.4 Å². The summed E-state index contributed by atoms with van der Waals surface area (Å²) in [6.45, 7) is 4.90. The van der Waals surface area contributed by atoms with Gasteiger partial charge < -0.3 is 5.32 Å². The number of amides is 1. The Labute approximate surface area is 190 Å². The topological polar surface area (TPSA) is 66.5 Å². The second kappa shape index (κ2) is 9.27. The Morgan fingerprint density at radius 1 is 0.875 bits per heavy atom. The molecule has 0 saturated carbocycles. The van der Waals surface area contributed by atoms with E-state index in [0.29, 0.717) is 18.7 Å². The maximum atomic E-state index is 13.4. The Bertz CT molecular complexity index is 1220. The van der Waals surface area contributed by atoms with Crippen LogP contribution in [-0.4, -0.2) is 31.7 Å². The molecule has 0 bridgehead atoms. The summed E-state index contributed by atoms with van der Waals surface area (Å²) in [4.78, 5) is 13.6. The summed E-state index contributed by atoms with van der Waals surface area (Å²) in [6.07, 6.45) is 1.74. The fourth-order valence-electron chi connectivity index (χ4n) is 4.19. The van der Waals surface area contributed by atoms with Crippen molar-refractivity contribution >= 4 is 15.9 Å². The first-order chi connectivity index (χ1) is 15.4. The number of hydrogen-bond donors (Lipinski definition) is 1. The molecule has 1 aliphatic rings. The van der Waals surface area contributed by atoms with Crippen molar-refractivity contribution in [3.8, 4) is 0 Å². The Hall–Kier alpha value is -2.96. The highest BCUT2D eigenvalue weighted by molar-refractivity contribution is 7.89. The molecule has 1 N–H and O–H groups in total. The van der Waals surface area contributed by atoms with E-state index in [1.807, 2.05) is 68.4 Å². The van der Waals surface area contributed by atoms with E-state index in [2.05, 4.69) is 5.32 Å². The third kappa shape index (κ3) is 4.47. The van der Waals surface area contributed by atoms with Crippen LogP contribution in [0.2, 0.25) is 0 Å². The first-order valence-corrected chi connectivity index (χ1v) is 12.3. The lowest BCUT2D eigenvalue weighted by Gasteiger charge is -2.23. The van der Waals surface area contributed by atoms with Crippen molar-refractivity contribution < 1.29 is 13.2 Å². The minimum atomic E-state index is -3.60. The summed E-state index contributed by atoms with van der Waals surface area (Å²) in [5, 5.41) is 3.15. The molecule has 6 heteroatoms. The SMILES string of the molecule is Cc1ccc(S(=O)(=O)N2CCCC2)cc1C(=O)NC(c1ccccc1)c1ccccc1C. The van der Waals surface area contributed by atoms with Gasteiger partial charge in [0, 0.05) is 18.7 Å². The third-order valence-electron chi connectivity index (χ3n) is 6.06. The van der Waals surface area contributed by atoms with E-state index in [9.17, 15) is 13.2 Å². The Morgan fingerprint density at radius 2 is 1.53 bits per heavy atom. The number of benzene rings is 3. The summed E-state index contributed by atoms with van der Waals surface area (Å²) in [5.41, 5.74) is 4.15. The van der Waals surface area contributed by atoms with Gasteiger partial charge in [-0.15, -0.1) is 0 Å². The second-order valence-corrected chi connectivity index (χ2v) is 10.2. The van der Waals surface area contributed by atoms with E-state index < -0.39 is 10.0 Å². The normalized spacial score (nSPS) is 15.4. The fourth-order valence-corrected chi connectivity index (χ4v) is 5.73. The average Bonchev–Trinajstić information content (AvgIpc) is 3.35. The van der Waals surface area contributed by atoms with Gasteiger partial charge in [-0.05, 0) is 61.1 Å². The highest BCUT2D eigenvalue weighted by atomic mass is 32.2. The van der Waals surface area contributed by atoms with Gasteiger partial charge in [-0.2, -0.15) is 4.31 Å². The van der Waals surface area contributed by atoms with Crippen LogP contribution in [0.4, 0.5) is 0 Å². The molecule has 1 unspecified atom stereocenters. The Kier molecular flexibility index (Phi) is 6.44. The number of nitrogens with zero attached hydrogens (tertiary/aromatic N) is 1. The summed E-state index contributed by atoms with van der Waals surface area (Å²) in [7, 11) is -3.60. The lowest BCUT2D eigenvalue weighted by atomic mass is 9.94. The van der Waals surface area contributed by atoms with E-state index in [1.54, 1.807) is 12.1 Å². The minimum Gasteiger partial charge on any atom is -0.341 e. The predicted molar refractivity (Wildman–Crippen MR) is 126 cm³/mol. The monoisotopic (exact) mass is 448 g/mol. The van der Waals surface area contributed by atoms with Gasteiger partial charge in [-0.1, -0.05) is 60.7 Å². The summed E-state index contributed by atoms with van der Waals surface area (Å²) in [5.74, 6) is -0.293. The van der Waals surface area contributed by atoms with E-state index in [4.69, 9.17) is 0 Å². The van der Waals surface area contributed by atoms with Gasteiger partial charge in [0.1, 0.15) is 0 Å². The van der Waals surface area contributed by atoms with E-state index >= 15 is 0 Å². The highest BCUT2D eigenvalue weighted by Gasteiger charge is 2.28. The standard InChI is InChI=1S/C26H28N2O3S/c1-19-10-6-7-13-23(19)25(21-11-4-3-5-12-21)27-26(29)24-18-22(15-14-20(24)2)32(30,31)28-16-8-9-17-28/h3-7,10-15,18,25H,8-9,16-17H2,1-2H3,(H,27,29). The second-order valence-electron chi connectivity index (χ2n) is 8.26. The maximum absolute atomic E-state index is 13.4. The molecule has 0 aliphatic carbocycles. The van der Waals surface area contributed by atoms with Gasteiger partial charge in [0.05, 0.1) is 10.9 Å². The van der Waals surface area contributed by atoms with Gasteiger partial charge in [0.2, 0.25) is 10.0 Å². The van der Waals surface area contributed by atoms with Crippen LogP contribution in [0.15, 0.2) is 77.7 Å². The zero-order chi connectivity index (χ0) is 22.7. The summed E-state index contributed by atoms with van der Waals surface area (Å²) in [6, 6.07) is 22.2. The molecular formula is C26H28N2O3S. The molecule has 0 spiro atoms. The van der Waals surface area contributed by atoms with Crippen LogP contribution in [-0.2, 0) is 10.0 Å². The molecule has 3 aromatic rings. The smallest absolute Gasteiger partial charge is 0.252 e. The molecule has 1 fully saturated rings. The highest BCUT2D eigenvalue weighted by Crippen LogP contribution is 2.27. The minimum absolute atomic E-state index is 0.169. The number of carbonyl (C=O) groups excluding carboxylic acids is 1. The largest absolute Gasteiger partial charge is 0.341 e. The van der Waals surface area contributed by atoms with Crippen LogP contribution in [0.5, 0.6) is 0 Å². The van der Waals surface area contributed by atoms with Crippen molar-refractivity contribution in [2.24, 2.45) is 0 Å². The molecule has 1 amide bonds. The van der Waals surface area contributed by atoms with Gasteiger partial charge in [-0.25, -0.2) is 8.42 Å². The van der Waals surface area contributed by atoms with Crippen LogP contribution in [0.25, 0.3) is 0 Å². The van der Waals surface area contributed by atoms with Gasteiger partial charge in [-0.3, -0.25) is 4.79 Å². The van der Waals surface area contributed by atoms with Gasteiger partial charge in [0.15, 0.2) is 0 Å². The first-order valence-electron chi connectivity index (χ1n) is 10.9. The zero-order valence-electron chi connectivity index (χ0n) is 18.4. The Morgan fingerprint density at radius 3 is 2.22 bits per heavy atom. The van der Waals surface area contributed by atoms with Crippen LogP contribution in [0.1, 0.15) is 51.5 Å². The molecule has 166 valence electrons. The molecule has 5 nitrogen and oxygen atoms in total. The van der Waals surface area contributed by atoms with Crippen LogP contribution >= 0.6 is 0 Å². The third-order valence-corrected chi connectivity index (χ3v) is 7.96. The molecular weight excluding hydrogens is 420 g/mol. The quantitative estimate of drug-likeness (QED) is 0.599. The maximum Gasteiger partial charge on any atom is 0.252 e. The molecule has 0 aromatic heterocycles. The number of rotatable bonds is 6.